The van der Waals surface area contributed by atoms with Crippen molar-refractivity contribution in [3.8, 4) is 17.6 Å². The molecule has 3 rings (SSSR count). The SMILES string of the molecule is CCc1nccn1CC(O)c1cc(C#Cc2ccc(OCCCCO)cc2)on1. The van der Waals surface area contributed by atoms with Gasteiger partial charge in [0.2, 0.25) is 5.76 Å². The lowest BCUT2D eigenvalue weighted by Gasteiger charge is -2.10. The van der Waals surface area contributed by atoms with Crippen LogP contribution in [0.5, 0.6) is 5.75 Å². The Morgan fingerprint density at radius 2 is 2.03 bits per heavy atom. The van der Waals surface area contributed by atoms with E-state index in [9.17, 15) is 5.11 Å². The smallest absolute Gasteiger partial charge is 0.210 e. The Morgan fingerprint density at radius 3 is 2.79 bits per heavy atom. The van der Waals surface area contributed by atoms with Crippen LogP contribution in [0.15, 0.2) is 47.2 Å². The number of aromatic nitrogens is 3. The van der Waals surface area contributed by atoms with Gasteiger partial charge in [-0.25, -0.2) is 4.98 Å². The summed E-state index contributed by atoms with van der Waals surface area (Å²) < 4.78 is 12.7. The third-order valence-electron chi connectivity index (χ3n) is 4.36. The second kappa shape index (κ2) is 10.5. The normalized spacial score (nSPS) is 11.7. The summed E-state index contributed by atoms with van der Waals surface area (Å²) in [5.74, 6) is 8.00. The molecule has 0 saturated heterocycles. The van der Waals surface area contributed by atoms with Crippen molar-refractivity contribution < 1.29 is 19.5 Å². The molecule has 2 heterocycles. The molecule has 0 aliphatic carbocycles. The predicted molar refractivity (Wildman–Crippen MR) is 107 cm³/mol. The molecule has 0 spiro atoms. The van der Waals surface area contributed by atoms with Crippen LogP contribution in [-0.2, 0) is 13.0 Å². The zero-order valence-electron chi connectivity index (χ0n) is 16.4. The maximum atomic E-state index is 10.4. The minimum atomic E-state index is -0.795. The Labute approximate surface area is 170 Å². The van der Waals surface area contributed by atoms with Crippen molar-refractivity contribution in [1.82, 2.24) is 14.7 Å². The third-order valence-corrected chi connectivity index (χ3v) is 4.36. The highest BCUT2D eigenvalue weighted by Crippen LogP contribution is 2.16. The largest absolute Gasteiger partial charge is 0.494 e. The van der Waals surface area contributed by atoms with E-state index in [0.717, 1.165) is 36.4 Å². The van der Waals surface area contributed by atoms with Crippen molar-refractivity contribution in [1.29, 1.82) is 0 Å². The van der Waals surface area contributed by atoms with Crippen molar-refractivity contribution in [3.05, 3.63) is 65.6 Å². The Hall–Kier alpha value is -3.08. The molecule has 1 aromatic carbocycles. The van der Waals surface area contributed by atoms with Crippen LogP contribution in [0.25, 0.3) is 0 Å². The molecule has 3 aromatic rings. The van der Waals surface area contributed by atoms with E-state index in [0.29, 0.717) is 24.6 Å². The van der Waals surface area contributed by atoms with Crippen molar-refractivity contribution >= 4 is 0 Å². The van der Waals surface area contributed by atoms with Crippen LogP contribution < -0.4 is 4.74 Å². The van der Waals surface area contributed by atoms with Gasteiger partial charge < -0.3 is 24.0 Å². The Kier molecular flexibility index (Phi) is 7.45. The van der Waals surface area contributed by atoms with Gasteiger partial charge in [-0.05, 0) is 43.0 Å². The van der Waals surface area contributed by atoms with E-state index in [-0.39, 0.29) is 6.61 Å². The van der Waals surface area contributed by atoms with Gasteiger partial charge in [0.1, 0.15) is 23.4 Å². The van der Waals surface area contributed by atoms with Gasteiger partial charge in [-0.3, -0.25) is 0 Å². The molecule has 2 N–H and O–H groups in total. The summed E-state index contributed by atoms with van der Waals surface area (Å²) in [4.78, 5) is 4.25. The maximum Gasteiger partial charge on any atom is 0.210 e. The van der Waals surface area contributed by atoms with Crippen molar-refractivity contribution in [2.45, 2.75) is 38.8 Å². The van der Waals surface area contributed by atoms with Gasteiger partial charge in [-0.1, -0.05) is 18.0 Å². The molecule has 1 atom stereocenters. The number of rotatable bonds is 9. The molecular weight excluding hydrogens is 370 g/mol. The van der Waals surface area contributed by atoms with Crippen LogP contribution in [0, 0.1) is 11.8 Å². The second-order valence-electron chi connectivity index (χ2n) is 6.53. The van der Waals surface area contributed by atoms with Crippen molar-refractivity contribution in [3.63, 3.8) is 0 Å². The number of unbranched alkanes of at least 4 members (excludes halogenated alkanes) is 1. The zero-order chi connectivity index (χ0) is 20.5. The first kappa shape index (κ1) is 20.6. The van der Waals surface area contributed by atoms with Gasteiger partial charge in [0, 0.05) is 37.1 Å². The van der Waals surface area contributed by atoms with Gasteiger partial charge in [-0.15, -0.1) is 0 Å². The molecule has 0 bridgehead atoms. The van der Waals surface area contributed by atoms with Gasteiger partial charge in [0.15, 0.2) is 0 Å². The maximum absolute atomic E-state index is 10.4. The summed E-state index contributed by atoms with van der Waals surface area (Å²) in [5, 5.41) is 23.1. The summed E-state index contributed by atoms with van der Waals surface area (Å²) in [5.41, 5.74) is 1.26. The molecule has 7 heteroatoms. The number of aliphatic hydroxyl groups is 2. The fraction of sp³-hybridized carbons (Fsp3) is 0.364. The van der Waals surface area contributed by atoms with E-state index < -0.39 is 6.10 Å². The summed E-state index contributed by atoms with van der Waals surface area (Å²) >= 11 is 0. The van der Waals surface area contributed by atoms with E-state index in [1.54, 1.807) is 12.3 Å². The fourth-order valence-corrected chi connectivity index (χ4v) is 2.78. The number of hydrogen-bond donors (Lipinski definition) is 2. The van der Waals surface area contributed by atoms with E-state index in [1.807, 2.05) is 42.0 Å². The number of benzene rings is 1. The lowest BCUT2D eigenvalue weighted by Crippen LogP contribution is -2.10. The molecular formula is C22H25N3O4. The van der Waals surface area contributed by atoms with Crippen LogP contribution in [0.2, 0.25) is 0 Å². The van der Waals surface area contributed by atoms with Crippen LogP contribution in [-0.4, -0.2) is 38.1 Å². The molecule has 0 radical (unpaired) electrons. The first-order chi connectivity index (χ1) is 14.2. The first-order valence-corrected chi connectivity index (χ1v) is 9.70. The van der Waals surface area contributed by atoms with Crippen LogP contribution in [0.3, 0.4) is 0 Å². The average molecular weight is 395 g/mol. The Bertz CT molecular complexity index is 950. The quantitative estimate of drug-likeness (QED) is 0.427. The lowest BCUT2D eigenvalue weighted by molar-refractivity contribution is 0.146. The molecule has 1 unspecified atom stereocenters. The summed E-state index contributed by atoms with van der Waals surface area (Å²) in [6.45, 7) is 3.14. The monoisotopic (exact) mass is 395 g/mol. The highest BCUT2D eigenvalue weighted by molar-refractivity contribution is 5.41. The number of aliphatic hydroxyl groups excluding tert-OH is 2. The van der Waals surface area contributed by atoms with E-state index >= 15 is 0 Å². The summed E-state index contributed by atoms with van der Waals surface area (Å²) in [7, 11) is 0. The predicted octanol–water partition coefficient (Wildman–Crippen LogP) is 2.72. The van der Waals surface area contributed by atoms with Gasteiger partial charge in [-0.2, -0.15) is 0 Å². The van der Waals surface area contributed by atoms with Gasteiger partial charge in [0.25, 0.3) is 0 Å². The molecule has 2 aromatic heterocycles. The highest BCUT2D eigenvalue weighted by atomic mass is 16.5. The Morgan fingerprint density at radius 1 is 1.21 bits per heavy atom. The van der Waals surface area contributed by atoms with E-state index in [4.69, 9.17) is 14.4 Å². The standard InChI is InChI=1S/C22H25N3O4/c1-2-22-23-11-12-25(22)16-21(27)20-15-19(29-24-20)10-7-17-5-8-18(9-6-17)28-14-4-3-13-26/h5-6,8-9,11-12,15,21,26-27H,2-4,13-14,16H2,1H3. The molecule has 7 nitrogen and oxygen atoms in total. The molecule has 0 fully saturated rings. The minimum Gasteiger partial charge on any atom is -0.494 e. The van der Waals surface area contributed by atoms with Gasteiger partial charge >= 0.3 is 0 Å². The number of ether oxygens (including phenoxy) is 1. The average Bonchev–Trinajstić information content (AvgIpc) is 3.40. The van der Waals surface area contributed by atoms with Crippen molar-refractivity contribution in [2.24, 2.45) is 0 Å². The van der Waals surface area contributed by atoms with Crippen LogP contribution in [0.4, 0.5) is 0 Å². The molecule has 0 aliphatic heterocycles. The van der Waals surface area contributed by atoms with E-state index in [2.05, 4.69) is 22.0 Å². The molecule has 152 valence electrons. The first-order valence-electron chi connectivity index (χ1n) is 9.70. The third kappa shape index (κ3) is 5.95. The van der Waals surface area contributed by atoms with Crippen molar-refractivity contribution in [2.75, 3.05) is 13.2 Å². The molecule has 0 amide bonds. The molecule has 0 saturated carbocycles. The highest BCUT2D eigenvalue weighted by Gasteiger charge is 2.15. The number of imidazole rings is 1. The molecule has 29 heavy (non-hydrogen) atoms. The zero-order valence-corrected chi connectivity index (χ0v) is 16.4. The van der Waals surface area contributed by atoms with Gasteiger partial charge in [0.05, 0.1) is 13.2 Å². The number of hydrogen-bond acceptors (Lipinski definition) is 6. The minimum absolute atomic E-state index is 0.182. The summed E-state index contributed by atoms with van der Waals surface area (Å²) in [6.07, 6.45) is 5.11. The lowest BCUT2D eigenvalue weighted by atomic mass is 10.2. The summed E-state index contributed by atoms with van der Waals surface area (Å²) in [6, 6.07) is 9.10. The van der Waals surface area contributed by atoms with Crippen LogP contribution >= 0.6 is 0 Å². The topological polar surface area (TPSA) is 93.5 Å². The number of aryl methyl sites for hydroxylation is 1. The second-order valence-corrected chi connectivity index (χ2v) is 6.53. The number of nitrogens with zero attached hydrogens (tertiary/aromatic N) is 3. The Balaban J connectivity index is 1.57. The fourth-order valence-electron chi connectivity index (χ4n) is 2.78. The van der Waals surface area contributed by atoms with Crippen LogP contribution in [0.1, 0.15) is 48.7 Å². The van der Waals surface area contributed by atoms with E-state index in [1.165, 1.54) is 0 Å². The molecule has 0 aliphatic rings.